The Hall–Kier alpha value is -0.910. The molecule has 6 heteroatoms. The number of benzene rings is 1. The molecule has 1 aromatic carbocycles. The van der Waals surface area contributed by atoms with Crippen molar-refractivity contribution in [1.82, 2.24) is 4.98 Å². The van der Waals surface area contributed by atoms with Gasteiger partial charge in [-0.05, 0) is 18.2 Å². The van der Waals surface area contributed by atoms with E-state index in [0.29, 0.717) is 21.4 Å². The molecule has 1 heterocycles. The highest BCUT2D eigenvalue weighted by Gasteiger charge is 2.19. The van der Waals surface area contributed by atoms with E-state index in [4.69, 9.17) is 17.3 Å². The van der Waals surface area contributed by atoms with E-state index in [1.165, 1.54) is 11.3 Å². The molecule has 20 heavy (non-hydrogen) atoms. The summed E-state index contributed by atoms with van der Waals surface area (Å²) in [6.45, 7) is 6.33. The standard InChI is InChI=1S/C14H17ClN2OS2/c1-14(2,3)12-7-19-13(17-12)8-20(18)11-5-4-9(16)6-10(11)15/h4-7H,8,16H2,1-3H3. The first-order valence-electron chi connectivity index (χ1n) is 6.15. The lowest BCUT2D eigenvalue weighted by Gasteiger charge is -2.14. The molecule has 0 aliphatic carbocycles. The number of nitrogen functional groups attached to an aromatic ring is 1. The Bertz CT molecular complexity index is 647. The molecule has 1 unspecified atom stereocenters. The third kappa shape index (κ3) is 3.59. The Balaban J connectivity index is 2.17. The molecule has 0 bridgehead atoms. The fraction of sp³-hybridized carbons (Fsp3) is 0.357. The summed E-state index contributed by atoms with van der Waals surface area (Å²) in [5, 5.41) is 3.33. The third-order valence-corrected chi connectivity index (χ3v) is 5.61. The maximum Gasteiger partial charge on any atom is 0.106 e. The molecule has 0 fully saturated rings. The van der Waals surface area contributed by atoms with Crippen molar-refractivity contribution < 1.29 is 4.21 Å². The van der Waals surface area contributed by atoms with Crippen molar-refractivity contribution in [3.63, 3.8) is 0 Å². The number of nitrogens with zero attached hydrogens (tertiary/aromatic N) is 1. The second-order valence-electron chi connectivity index (χ2n) is 5.56. The minimum Gasteiger partial charge on any atom is -0.399 e. The zero-order chi connectivity index (χ0) is 14.9. The Morgan fingerprint density at radius 1 is 1.40 bits per heavy atom. The Morgan fingerprint density at radius 3 is 2.65 bits per heavy atom. The summed E-state index contributed by atoms with van der Waals surface area (Å²) in [5.74, 6) is 0.379. The van der Waals surface area contributed by atoms with Gasteiger partial charge < -0.3 is 5.73 Å². The van der Waals surface area contributed by atoms with E-state index in [0.717, 1.165) is 10.7 Å². The SMILES string of the molecule is CC(C)(C)c1csc(CS(=O)c2ccc(N)cc2Cl)n1. The van der Waals surface area contributed by atoms with Gasteiger partial charge in [0.2, 0.25) is 0 Å². The van der Waals surface area contributed by atoms with Gasteiger partial charge in [0.1, 0.15) is 5.01 Å². The molecule has 0 amide bonds. The van der Waals surface area contributed by atoms with Crippen LogP contribution < -0.4 is 5.73 Å². The normalized spacial score (nSPS) is 13.4. The number of hydrogen-bond donors (Lipinski definition) is 1. The zero-order valence-electron chi connectivity index (χ0n) is 11.6. The van der Waals surface area contributed by atoms with E-state index in [-0.39, 0.29) is 5.41 Å². The number of halogens is 1. The highest BCUT2D eigenvalue weighted by atomic mass is 35.5. The van der Waals surface area contributed by atoms with Crippen LogP contribution in [0.4, 0.5) is 5.69 Å². The monoisotopic (exact) mass is 328 g/mol. The molecule has 0 saturated carbocycles. The van der Waals surface area contributed by atoms with Crippen LogP contribution in [0.2, 0.25) is 5.02 Å². The molecular formula is C14H17ClN2OS2. The minimum atomic E-state index is -1.21. The largest absolute Gasteiger partial charge is 0.399 e. The predicted octanol–water partition coefficient (Wildman–Crippen LogP) is 3.98. The molecule has 3 nitrogen and oxygen atoms in total. The molecule has 0 radical (unpaired) electrons. The summed E-state index contributed by atoms with van der Waals surface area (Å²) < 4.78 is 12.4. The Kier molecular flexibility index (Phi) is 4.52. The average molecular weight is 329 g/mol. The van der Waals surface area contributed by atoms with Crippen LogP contribution in [0, 0.1) is 0 Å². The lowest BCUT2D eigenvalue weighted by molar-refractivity contribution is 0.571. The van der Waals surface area contributed by atoms with Crippen molar-refractivity contribution in [3.8, 4) is 0 Å². The molecule has 0 spiro atoms. The third-order valence-electron chi connectivity index (χ3n) is 2.78. The summed E-state index contributed by atoms with van der Waals surface area (Å²) in [4.78, 5) is 5.16. The molecule has 108 valence electrons. The van der Waals surface area contributed by atoms with E-state index in [9.17, 15) is 4.21 Å². The van der Waals surface area contributed by atoms with Gasteiger partial charge in [-0.15, -0.1) is 11.3 Å². The van der Waals surface area contributed by atoms with Crippen molar-refractivity contribution in [2.45, 2.75) is 36.8 Å². The quantitative estimate of drug-likeness (QED) is 0.867. The van der Waals surface area contributed by atoms with Crippen molar-refractivity contribution in [2.24, 2.45) is 0 Å². The van der Waals surface area contributed by atoms with Crippen molar-refractivity contribution in [3.05, 3.63) is 39.3 Å². The van der Waals surface area contributed by atoms with Crippen molar-refractivity contribution >= 4 is 39.4 Å². The summed E-state index contributed by atoms with van der Waals surface area (Å²) in [5.41, 5.74) is 7.24. The molecular weight excluding hydrogens is 312 g/mol. The number of aromatic nitrogens is 1. The van der Waals surface area contributed by atoms with Gasteiger partial charge in [0.25, 0.3) is 0 Å². The van der Waals surface area contributed by atoms with Gasteiger partial charge in [-0.3, -0.25) is 4.21 Å². The summed E-state index contributed by atoms with van der Waals surface area (Å²) in [6.07, 6.45) is 0. The topological polar surface area (TPSA) is 56.0 Å². The van der Waals surface area contributed by atoms with Crippen LogP contribution >= 0.6 is 22.9 Å². The van der Waals surface area contributed by atoms with Crippen LogP contribution in [-0.2, 0) is 22.0 Å². The predicted molar refractivity (Wildman–Crippen MR) is 86.8 cm³/mol. The van der Waals surface area contributed by atoms with E-state index in [2.05, 4.69) is 25.8 Å². The van der Waals surface area contributed by atoms with E-state index in [1.807, 2.05) is 5.38 Å². The number of nitrogens with two attached hydrogens (primary N) is 1. The number of anilines is 1. The average Bonchev–Trinajstić information content (AvgIpc) is 2.76. The molecule has 2 rings (SSSR count). The fourth-order valence-electron chi connectivity index (χ4n) is 1.61. The summed E-state index contributed by atoms with van der Waals surface area (Å²) in [6, 6.07) is 5.05. The van der Waals surface area contributed by atoms with Crippen LogP contribution in [0.5, 0.6) is 0 Å². The van der Waals surface area contributed by atoms with Gasteiger partial charge in [-0.1, -0.05) is 32.4 Å². The van der Waals surface area contributed by atoms with Gasteiger partial charge in [0, 0.05) is 16.5 Å². The highest BCUT2D eigenvalue weighted by molar-refractivity contribution is 7.84. The summed E-state index contributed by atoms with van der Waals surface area (Å²) in [7, 11) is -1.21. The Labute approximate surface area is 130 Å². The maximum absolute atomic E-state index is 12.4. The second-order valence-corrected chi connectivity index (χ2v) is 8.33. The first-order valence-corrected chi connectivity index (χ1v) is 8.73. The zero-order valence-corrected chi connectivity index (χ0v) is 14.0. The minimum absolute atomic E-state index is 0.00901. The second kappa shape index (κ2) is 5.84. The van der Waals surface area contributed by atoms with Gasteiger partial charge >= 0.3 is 0 Å². The van der Waals surface area contributed by atoms with Gasteiger partial charge in [0.15, 0.2) is 0 Å². The fourth-order valence-corrected chi connectivity index (χ4v) is 4.40. The summed E-state index contributed by atoms with van der Waals surface area (Å²) >= 11 is 7.61. The number of hydrogen-bond acceptors (Lipinski definition) is 4. The van der Waals surface area contributed by atoms with Crippen LogP contribution in [-0.4, -0.2) is 9.19 Å². The molecule has 0 saturated heterocycles. The molecule has 1 atom stereocenters. The van der Waals surface area contributed by atoms with Crippen LogP contribution in [0.15, 0.2) is 28.5 Å². The first kappa shape index (κ1) is 15.5. The van der Waals surface area contributed by atoms with Crippen LogP contribution in [0.3, 0.4) is 0 Å². The van der Waals surface area contributed by atoms with E-state index >= 15 is 0 Å². The van der Waals surface area contributed by atoms with Gasteiger partial charge in [-0.25, -0.2) is 4.98 Å². The number of thiazole rings is 1. The smallest absolute Gasteiger partial charge is 0.106 e. The van der Waals surface area contributed by atoms with E-state index in [1.54, 1.807) is 18.2 Å². The van der Waals surface area contributed by atoms with Gasteiger partial charge in [-0.2, -0.15) is 0 Å². The Morgan fingerprint density at radius 2 is 2.10 bits per heavy atom. The van der Waals surface area contributed by atoms with Crippen molar-refractivity contribution in [1.29, 1.82) is 0 Å². The number of rotatable bonds is 3. The lowest BCUT2D eigenvalue weighted by Crippen LogP contribution is -2.11. The lowest BCUT2D eigenvalue weighted by atomic mass is 9.93. The first-order chi connectivity index (χ1) is 9.27. The van der Waals surface area contributed by atoms with E-state index < -0.39 is 10.8 Å². The maximum atomic E-state index is 12.4. The molecule has 1 aromatic heterocycles. The molecule has 0 aliphatic heterocycles. The highest BCUT2D eigenvalue weighted by Crippen LogP contribution is 2.27. The van der Waals surface area contributed by atoms with Crippen molar-refractivity contribution in [2.75, 3.05) is 5.73 Å². The molecule has 0 aliphatic rings. The molecule has 2 N–H and O–H groups in total. The molecule has 2 aromatic rings. The van der Waals surface area contributed by atoms with Crippen LogP contribution in [0.25, 0.3) is 0 Å². The van der Waals surface area contributed by atoms with Crippen LogP contribution in [0.1, 0.15) is 31.5 Å². The van der Waals surface area contributed by atoms with Gasteiger partial charge in [0.05, 0.1) is 32.2 Å².